The van der Waals surface area contributed by atoms with E-state index in [-0.39, 0.29) is 0 Å². The summed E-state index contributed by atoms with van der Waals surface area (Å²) in [7, 11) is 1.63. The number of hydrogen-bond acceptors (Lipinski definition) is 3. The Hall–Kier alpha value is -1.81. The van der Waals surface area contributed by atoms with Crippen LogP contribution in [-0.4, -0.2) is 12.1 Å². The van der Waals surface area contributed by atoms with Crippen molar-refractivity contribution >= 4 is 32.6 Å². The Labute approximate surface area is 120 Å². The number of ether oxygens (including phenoxy) is 1. The van der Waals surface area contributed by atoms with E-state index in [0.29, 0.717) is 5.89 Å². The first-order valence-corrected chi connectivity index (χ1v) is 6.55. The molecule has 0 aliphatic rings. The summed E-state index contributed by atoms with van der Waals surface area (Å²) in [6, 6.07) is 5.73. The standard InChI is InChI=1S/C15H14BrNO2/c1-4-5-11(8-10(2)18-3)15-17-13-7-6-12(16)9-14(13)19-15/h4-9H,1H2,2-3H3/b10-8+,11-5+. The third kappa shape index (κ3) is 3.15. The zero-order valence-corrected chi connectivity index (χ0v) is 12.4. The monoisotopic (exact) mass is 319 g/mol. The molecule has 98 valence electrons. The first-order valence-electron chi connectivity index (χ1n) is 5.75. The molecule has 0 N–H and O–H groups in total. The lowest BCUT2D eigenvalue weighted by Gasteiger charge is -1.99. The van der Waals surface area contributed by atoms with Crippen molar-refractivity contribution in [1.29, 1.82) is 0 Å². The molecule has 0 saturated carbocycles. The van der Waals surface area contributed by atoms with Crippen molar-refractivity contribution in [1.82, 2.24) is 4.98 Å². The molecule has 4 heteroatoms. The number of nitrogens with zero attached hydrogens (tertiary/aromatic N) is 1. The Balaban J connectivity index is 2.51. The van der Waals surface area contributed by atoms with Crippen LogP contribution in [0.1, 0.15) is 12.8 Å². The van der Waals surface area contributed by atoms with E-state index in [1.807, 2.05) is 37.3 Å². The van der Waals surface area contributed by atoms with Crippen molar-refractivity contribution < 1.29 is 9.15 Å². The Morgan fingerprint density at radius 2 is 2.26 bits per heavy atom. The van der Waals surface area contributed by atoms with E-state index in [0.717, 1.165) is 26.9 Å². The minimum atomic E-state index is 0.546. The molecule has 0 fully saturated rings. The lowest BCUT2D eigenvalue weighted by Crippen LogP contribution is -1.85. The second kappa shape index (κ2) is 5.89. The molecule has 1 aromatic carbocycles. The van der Waals surface area contributed by atoms with E-state index < -0.39 is 0 Å². The minimum absolute atomic E-state index is 0.546. The Kier molecular flexibility index (Phi) is 4.22. The van der Waals surface area contributed by atoms with Crippen LogP contribution in [0.15, 0.2) is 57.7 Å². The third-order valence-electron chi connectivity index (χ3n) is 2.58. The minimum Gasteiger partial charge on any atom is -0.501 e. The summed E-state index contributed by atoms with van der Waals surface area (Å²) in [5.41, 5.74) is 2.38. The fourth-order valence-electron chi connectivity index (χ4n) is 1.61. The molecule has 1 heterocycles. The molecule has 0 radical (unpaired) electrons. The molecule has 2 aromatic rings. The number of halogens is 1. The number of allylic oxidation sites excluding steroid dienone is 5. The van der Waals surface area contributed by atoms with Gasteiger partial charge in [-0.25, -0.2) is 4.98 Å². The lowest BCUT2D eigenvalue weighted by atomic mass is 10.2. The van der Waals surface area contributed by atoms with Crippen LogP contribution in [0.4, 0.5) is 0 Å². The highest BCUT2D eigenvalue weighted by Gasteiger charge is 2.09. The zero-order valence-electron chi connectivity index (χ0n) is 10.8. The SMILES string of the molecule is C=C/C=C(\C=C(/C)OC)c1nc2ccc(Br)cc2o1. The quantitative estimate of drug-likeness (QED) is 0.604. The van der Waals surface area contributed by atoms with Crippen molar-refractivity contribution in [2.75, 3.05) is 7.11 Å². The number of oxazole rings is 1. The molecule has 2 rings (SSSR count). The highest BCUT2D eigenvalue weighted by atomic mass is 79.9. The van der Waals surface area contributed by atoms with Gasteiger partial charge in [0.1, 0.15) is 5.52 Å². The summed E-state index contributed by atoms with van der Waals surface area (Å²) >= 11 is 3.41. The molecule has 0 amide bonds. The van der Waals surface area contributed by atoms with E-state index in [1.165, 1.54) is 0 Å². The fraction of sp³-hybridized carbons (Fsp3) is 0.133. The lowest BCUT2D eigenvalue weighted by molar-refractivity contribution is 0.294. The topological polar surface area (TPSA) is 35.3 Å². The molecule has 19 heavy (non-hydrogen) atoms. The molecular formula is C15H14BrNO2. The van der Waals surface area contributed by atoms with Gasteiger partial charge in [-0.2, -0.15) is 0 Å². The maximum Gasteiger partial charge on any atom is 0.227 e. The van der Waals surface area contributed by atoms with Gasteiger partial charge in [0.05, 0.1) is 12.9 Å². The second-order valence-electron chi connectivity index (χ2n) is 3.95. The molecule has 3 nitrogen and oxygen atoms in total. The van der Waals surface area contributed by atoms with Gasteiger partial charge in [-0.3, -0.25) is 0 Å². The first-order chi connectivity index (χ1) is 9.13. The van der Waals surface area contributed by atoms with Gasteiger partial charge in [-0.1, -0.05) is 34.7 Å². The molecule has 0 aliphatic carbocycles. The third-order valence-corrected chi connectivity index (χ3v) is 3.07. The summed E-state index contributed by atoms with van der Waals surface area (Å²) in [6.45, 7) is 5.57. The molecule has 1 aromatic heterocycles. The van der Waals surface area contributed by atoms with Gasteiger partial charge < -0.3 is 9.15 Å². The maximum atomic E-state index is 5.75. The highest BCUT2D eigenvalue weighted by molar-refractivity contribution is 9.10. The van der Waals surface area contributed by atoms with E-state index in [4.69, 9.17) is 9.15 Å². The van der Waals surface area contributed by atoms with E-state index >= 15 is 0 Å². The van der Waals surface area contributed by atoms with Crippen molar-refractivity contribution in [3.8, 4) is 0 Å². The number of rotatable bonds is 4. The largest absolute Gasteiger partial charge is 0.501 e. The van der Waals surface area contributed by atoms with E-state index in [9.17, 15) is 0 Å². The summed E-state index contributed by atoms with van der Waals surface area (Å²) in [4.78, 5) is 4.46. The van der Waals surface area contributed by atoms with Gasteiger partial charge in [0.15, 0.2) is 5.58 Å². The maximum absolute atomic E-state index is 5.75. The normalized spacial score (nSPS) is 12.8. The fourth-order valence-corrected chi connectivity index (χ4v) is 1.95. The van der Waals surface area contributed by atoms with Crippen molar-refractivity contribution in [3.63, 3.8) is 0 Å². The Morgan fingerprint density at radius 3 is 2.95 bits per heavy atom. The van der Waals surface area contributed by atoms with Crippen LogP contribution >= 0.6 is 15.9 Å². The van der Waals surface area contributed by atoms with Gasteiger partial charge in [-0.15, -0.1) is 0 Å². The van der Waals surface area contributed by atoms with Crippen LogP contribution in [0.2, 0.25) is 0 Å². The molecular weight excluding hydrogens is 306 g/mol. The van der Waals surface area contributed by atoms with Crippen LogP contribution in [0.3, 0.4) is 0 Å². The molecule has 0 aliphatic heterocycles. The van der Waals surface area contributed by atoms with Crippen LogP contribution in [0, 0.1) is 0 Å². The number of hydrogen-bond donors (Lipinski definition) is 0. The van der Waals surface area contributed by atoms with Crippen molar-refractivity contribution in [3.05, 3.63) is 59.1 Å². The van der Waals surface area contributed by atoms with Crippen LogP contribution < -0.4 is 0 Å². The Bertz CT molecular complexity index is 668. The molecule has 0 unspecified atom stereocenters. The van der Waals surface area contributed by atoms with E-state index in [1.54, 1.807) is 13.2 Å². The number of fused-ring (bicyclic) bond motifs is 1. The number of aromatic nitrogens is 1. The molecule has 0 bridgehead atoms. The number of benzene rings is 1. The Morgan fingerprint density at radius 1 is 1.47 bits per heavy atom. The summed E-state index contributed by atoms with van der Waals surface area (Å²) < 4.78 is 11.9. The first kappa shape index (κ1) is 13.6. The van der Waals surface area contributed by atoms with Crippen LogP contribution in [0.5, 0.6) is 0 Å². The highest BCUT2D eigenvalue weighted by Crippen LogP contribution is 2.25. The van der Waals surface area contributed by atoms with Crippen molar-refractivity contribution in [2.45, 2.75) is 6.92 Å². The van der Waals surface area contributed by atoms with Gasteiger partial charge in [0.25, 0.3) is 0 Å². The van der Waals surface area contributed by atoms with E-state index in [2.05, 4.69) is 27.5 Å². The summed E-state index contributed by atoms with van der Waals surface area (Å²) in [5.74, 6) is 1.32. The van der Waals surface area contributed by atoms with Gasteiger partial charge in [0, 0.05) is 10.0 Å². The summed E-state index contributed by atoms with van der Waals surface area (Å²) in [6.07, 6.45) is 5.39. The molecule has 0 atom stereocenters. The smallest absolute Gasteiger partial charge is 0.227 e. The van der Waals surface area contributed by atoms with Crippen LogP contribution in [-0.2, 0) is 4.74 Å². The van der Waals surface area contributed by atoms with Gasteiger partial charge in [-0.05, 0) is 31.2 Å². The molecule has 0 saturated heterocycles. The average Bonchev–Trinajstić information content (AvgIpc) is 2.80. The predicted molar refractivity (Wildman–Crippen MR) is 80.6 cm³/mol. The van der Waals surface area contributed by atoms with Crippen molar-refractivity contribution in [2.24, 2.45) is 0 Å². The predicted octanol–water partition coefficient (Wildman–Crippen LogP) is 4.71. The average molecular weight is 320 g/mol. The number of methoxy groups -OCH3 is 1. The summed E-state index contributed by atoms with van der Waals surface area (Å²) in [5, 5.41) is 0. The molecule has 0 spiro atoms. The zero-order chi connectivity index (χ0) is 13.8. The van der Waals surface area contributed by atoms with Crippen LogP contribution in [0.25, 0.3) is 16.7 Å². The van der Waals surface area contributed by atoms with Gasteiger partial charge >= 0.3 is 0 Å². The van der Waals surface area contributed by atoms with Gasteiger partial charge in [0.2, 0.25) is 5.89 Å². The second-order valence-corrected chi connectivity index (χ2v) is 4.86.